The Morgan fingerprint density at radius 2 is 2.10 bits per heavy atom. The van der Waals surface area contributed by atoms with Crippen molar-refractivity contribution in [2.24, 2.45) is 11.8 Å². The zero-order chi connectivity index (χ0) is 14.4. The zero-order valence-electron chi connectivity index (χ0n) is 11.2. The SMILES string of the molecule is O=C(CNCC1CCC(C(=O)O)CC1)Nc1nccs1. The molecule has 1 aromatic heterocycles. The first-order chi connectivity index (χ1) is 9.65. The van der Waals surface area contributed by atoms with Crippen LogP contribution in [-0.2, 0) is 9.59 Å². The summed E-state index contributed by atoms with van der Waals surface area (Å²) in [6.45, 7) is 1.02. The average Bonchev–Trinajstić information content (AvgIpc) is 2.92. The molecule has 1 heterocycles. The molecule has 2 rings (SSSR count). The molecular weight excluding hydrogens is 278 g/mol. The fourth-order valence-corrected chi connectivity index (χ4v) is 3.00. The van der Waals surface area contributed by atoms with Crippen LogP contribution < -0.4 is 10.6 Å². The van der Waals surface area contributed by atoms with Gasteiger partial charge in [0.1, 0.15) is 0 Å². The molecule has 0 radical (unpaired) electrons. The Morgan fingerprint density at radius 3 is 2.70 bits per heavy atom. The van der Waals surface area contributed by atoms with Crippen LogP contribution in [-0.4, -0.2) is 35.1 Å². The second-order valence-electron chi connectivity index (χ2n) is 5.07. The number of carbonyl (C=O) groups excluding carboxylic acids is 1. The van der Waals surface area contributed by atoms with Crippen LogP contribution in [0.1, 0.15) is 25.7 Å². The molecule has 1 amide bonds. The molecule has 6 nitrogen and oxygen atoms in total. The van der Waals surface area contributed by atoms with Crippen LogP contribution in [0, 0.1) is 11.8 Å². The van der Waals surface area contributed by atoms with Gasteiger partial charge in [-0.2, -0.15) is 0 Å². The Kier molecular flexibility index (Phi) is 5.49. The molecule has 1 aliphatic rings. The third-order valence-corrected chi connectivity index (χ3v) is 4.28. The van der Waals surface area contributed by atoms with Crippen LogP contribution in [0.15, 0.2) is 11.6 Å². The Morgan fingerprint density at radius 1 is 1.35 bits per heavy atom. The average molecular weight is 297 g/mol. The molecule has 1 saturated carbocycles. The summed E-state index contributed by atoms with van der Waals surface area (Å²) >= 11 is 1.39. The van der Waals surface area contributed by atoms with Gasteiger partial charge in [-0.05, 0) is 38.1 Å². The molecule has 7 heteroatoms. The third kappa shape index (κ3) is 4.57. The molecule has 3 N–H and O–H groups in total. The summed E-state index contributed by atoms with van der Waals surface area (Å²) in [4.78, 5) is 26.4. The Labute approximate surface area is 121 Å². The summed E-state index contributed by atoms with van der Waals surface area (Å²) in [7, 11) is 0. The highest BCUT2D eigenvalue weighted by molar-refractivity contribution is 7.13. The van der Waals surface area contributed by atoms with E-state index in [4.69, 9.17) is 5.11 Å². The predicted octanol–water partition coefficient (Wildman–Crippen LogP) is 1.56. The molecule has 1 aliphatic carbocycles. The summed E-state index contributed by atoms with van der Waals surface area (Å²) in [5.41, 5.74) is 0. The number of carbonyl (C=O) groups is 2. The normalized spacial score (nSPS) is 22.4. The minimum Gasteiger partial charge on any atom is -0.481 e. The van der Waals surface area contributed by atoms with Crippen molar-refractivity contribution < 1.29 is 14.7 Å². The van der Waals surface area contributed by atoms with E-state index in [1.807, 2.05) is 5.38 Å². The van der Waals surface area contributed by atoms with Gasteiger partial charge in [0.15, 0.2) is 5.13 Å². The summed E-state index contributed by atoms with van der Waals surface area (Å²) in [5.74, 6) is -0.490. The number of thiazole rings is 1. The zero-order valence-corrected chi connectivity index (χ0v) is 12.0. The number of hydrogen-bond donors (Lipinski definition) is 3. The van der Waals surface area contributed by atoms with Gasteiger partial charge in [0.25, 0.3) is 0 Å². The van der Waals surface area contributed by atoms with Gasteiger partial charge in [0, 0.05) is 11.6 Å². The van der Waals surface area contributed by atoms with Crippen LogP contribution in [0.3, 0.4) is 0 Å². The highest BCUT2D eigenvalue weighted by Gasteiger charge is 2.25. The number of hydrogen-bond acceptors (Lipinski definition) is 5. The highest BCUT2D eigenvalue weighted by Crippen LogP contribution is 2.28. The predicted molar refractivity (Wildman–Crippen MR) is 76.7 cm³/mol. The minimum atomic E-state index is -0.681. The second-order valence-corrected chi connectivity index (χ2v) is 5.97. The standard InChI is InChI=1S/C13H19N3O3S/c17-11(16-13-15-5-6-20-13)8-14-7-9-1-3-10(4-2-9)12(18)19/h5-6,9-10,14H,1-4,7-8H2,(H,18,19)(H,15,16,17). The van der Waals surface area contributed by atoms with Crippen molar-refractivity contribution in [2.45, 2.75) is 25.7 Å². The van der Waals surface area contributed by atoms with Gasteiger partial charge in [-0.3, -0.25) is 9.59 Å². The quantitative estimate of drug-likeness (QED) is 0.741. The Hall–Kier alpha value is -1.47. The maximum absolute atomic E-state index is 11.6. The largest absolute Gasteiger partial charge is 0.481 e. The number of anilines is 1. The maximum atomic E-state index is 11.6. The lowest BCUT2D eigenvalue weighted by atomic mass is 9.82. The lowest BCUT2D eigenvalue weighted by molar-refractivity contribution is -0.143. The number of rotatable bonds is 6. The van der Waals surface area contributed by atoms with E-state index in [9.17, 15) is 9.59 Å². The first kappa shape index (κ1) is 14.9. The summed E-state index contributed by atoms with van der Waals surface area (Å²) in [6.07, 6.45) is 4.96. The molecule has 1 fully saturated rings. The van der Waals surface area contributed by atoms with E-state index >= 15 is 0 Å². The highest BCUT2D eigenvalue weighted by atomic mass is 32.1. The number of nitrogens with zero attached hydrogens (tertiary/aromatic N) is 1. The van der Waals surface area contributed by atoms with Gasteiger partial charge in [-0.15, -0.1) is 11.3 Å². The smallest absolute Gasteiger partial charge is 0.306 e. The van der Waals surface area contributed by atoms with E-state index < -0.39 is 5.97 Å². The molecular formula is C13H19N3O3S. The third-order valence-electron chi connectivity index (χ3n) is 3.59. The van der Waals surface area contributed by atoms with Gasteiger partial charge in [0.05, 0.1) is 12.5 Å². The number of nitrogens with one attached hydrogen (secondary N) is 2. The van der Waals surface area contributed by atoms with E-state index in [1.165, 1.54) is 11.3 Å². The van der Waals surface area contributed by atoms with E-state index in [1.54, 1.807) is 6.20 Å². The van der Waals surface area contributed by atoms with E-state index in [0.29, 0.717) is 11.0 Å². The van der Waals surface area contributed by atoms with Crippen molar-refractivity contribution in [2.75, 3.05) is 18.4 Å². The van der Waals surface area contributed by atoms with Crippen molar-refractivity contribution in [3.05, 3.63) is 11.6 Å². The molecule has 0 atom stereocenters. The van der Waals surface area contributed by atoms with E-state index in [0.717, 1.165) is 32.2 Å². The molecule has 110 valence electrons. The molecule has 0 bridgehead atoms. The number of aliphatic carboxylic acids is 1. The van der Waals surface area contributed by atoms with Crippen LogP contribution in [0.5, 0.6) is 0 Å². The first-order valence-electron chi connectivity index (χ1n) is 6.78. The van der Waals surface area contributed by atoms with Crippen LogP contribution in [0.4, 0.5) is 5.13 Å². The van der Waals surface area contributed by atoms with E-state index in [2.05, 4.69) is 15.6 Å². The lowest BCUT2D eigenvalue weighted by Crippen LogP contribution is -2.33. The van der Waals surface area contributed by atoms with E-state index in [-0.39, 0.29) is 18.4 Å². The molecule has 0 saturated heterocycles. The lowest BCUT2D eigenvalue weighted by Gasteiger charge is -2.26. The number of amides is 1. The minimum absolute atomic E-state index is 0.0980. The molecule has 0 aliphatic heterocycles. The molecule has 0 spiro atoms. The Balaban J connectivity index is 1.59. The number of carboxylic acids is 1. The van der Waals surface area contributed by atoms with Gasteiger partial charge in [-0.25, -0.2) is 4.98 Å². The molecule has 20 heavy (non-hydrogen) atoms. The van der Waals surface area contributed by atoms with Crippen LogP contribution in [0.25, 0.3) is 0 Å². The Bertz CT molecular complexity index is 442. The maximum Gasteiger partial charge on any atom is 0.306 e. The van der Waals surface area contributed by atoms with Crippen molar-refractivity contribution in [3.8, 4) is 0 Å². The molecule has 0 unspecified atom stereocenters. The van der Waals surface area contributed by atoms with Crippen molar-refractivity contribution in [1.29, 1.82) is 0 Å². The van der Waals surface area contributed by atoms with Crippen LogP contribution in [0.2, 0.25) is 0 Å². The van der Waals surface area contributed by atoms with Crippen molar-refractivity contribution in [1.82, 2.24) is 10.3 Å². The molecule has 1 aromatic rings. The van der Waals surface area contributed by atoms with Crippen molar-refractivity contribution in [3.63, 3.8) is 0 Å². The summed E-state index contributed by atoms with van der Waals surface area (Å²) < 4.78 is 0. The van der Waals surface area contributed by atoms with Gasteiger partial charge in [-0.1, -0.05) is 0 Å². The van der Waals surface area contributed by atoms with Gasteiger partial charge >= 0.3 is 5.97 Å². The van der Waals surface area contributed by atoms with Gasteiger partial charge < -0.3 is 15.7 Å². The summed E-state index contributed by atoms with van der Waals surface area (Å²) in [5, 5.41) is 17.2. The van der Waals surface area contributed by atoms with Crippen LogP contribution >= 0.6 is 11.3 Å². The number of aromatic nitrogens is 1. The fourth-order valence-electron chi connectivity index (χ4n) is 2.45. The number of carboxylic acid groups (broad SMARTS) is 1. The summed E-state index contributed by atoms with van der Waals surface area (Å²) in [6, 6.07) is 0. The monoisotopic (exact) mass is 297 g/mol. The first-order valence-corrected chi connectivity index (χ1v) is 7.66. The topological polar surface area (TPSA) is 91.3 Å². The van der Waals surface area contributed by atoms with Crippen molar-refractivity contribution >= 4 is 28.3 Å². The van der Waals surface area contributed by atoms with Gasteiger partial charge in [0.2, 0.25) is 5.91 Å². The second kappa shape index (κ2) is 7.35. The fraction of sp³-hybridized carbons (Fsp3) is 0.615. The molecule has 0 aromatic carbocycles.